The number of hydrogen-bond acceptors (Lipinski definition) is 5. The number of amides is 2. The first-order valence-electron chi connectivity index (χ1n) is 5.37. The third-order valence-electron chi connectivity index (χ3n) is 2.24. The van der Waals surface area contributed by atoms with Crippen LogP contribution in [0.15, 0.2) is 18.3 Å². The average Bonchev–Trinajstić information content (AvgIpc) is 2.26. The molecular weight excluding hydrogens is 234 g/mol. The molecule has 2 amide bonds. The standard InChI is InChI=1S/C11H17N5O2/c1-11(2,6-8(12)17)15-10(18)7-3-4-14-9(5-7)16-13/h3-5H,6,13H2,1-2H3,(H2,12,17)(H,14,16)(H,15,18). The molecule has 0 radical (unpaired) electrons. The summed E-state index contributed by atoms with van der Waals surface area (Å²) >= 11 is 0. The van der Waals surface area contributed by atoms with E-state index in [9.17, 15) is 9.59 Å². The summed E-state index contributed by atoms with van der Waals surface area (Å²) in [6.07, 6.45) is 1.52. The van der Waals surface area contributed by atoms with Crippen LogP contribution in [0.5, 0.6) is 0 Å². The fraction of sp³-hybridized carbons (Fsp3) is 0.364. The van der Waals surface area contributed by atoms with Crippen molar-refractivity contribution in [1.29, 1.82) is 0 Å². The van der Waals surface area contributed by atoms with Crippen molar-refractivity contribution in [3.63, 3.8) is 0 Å². The number of carbonyl (C=O) groups is 2. The Morgan fingerprint density at radius 3 is 2.67 bits per heavy atom. The number of nitrogens with two attached hydrogens (primary N) is 2. The van der Waals surface area contributed by atoms with Gasteiger partial charge >= 0.3 is 0 Å². The molecule has 0 saturated heterocycles. The van der Waals surface area contributed by atoms with Gasteiger partial charge < -0.3 is 16.5 Å². The van der Waals surface area contributed by atoms with Gasteiger partial charge in [0.15, 0.2) is 0 Å². The molecule has 0 saturated carbocycles. The number of aromatic nitrogens is 1. The van der Waals surface area contributed by atoms with Crippen molar-refractivity contribution < 1.29 is 9.59 Å². The summed E-state index contributed by atoms with van der Waals surface area (Å²) in [5.74, 6) is 4.80. The molecule has 98 valence electrons. The van der Waals surface area contributed by atoms with E-state index in [0.29, 0.717) is 11.4 Å². The Morgan fingerprint density at radius 2 is 2.11 bits per heavy atom. The lowest BCUT2D eigenvalue weighted by atomic mass is 9.99. The molecule has 0 unspecified atom stereocenters. The van der Waals surface area contributed by atoms with Gasteiger partial charge in [-0.2, -0.15) is 0 Å². The molecule has 0 aromatic carbocycles. The summed E-state index contributed by atoms with van der Waals surface area (Å²) in [6.45, 7) is 3.44. The van der Waals surface area contributed by atoms with Crippen LogP contribution in [0.25, 0.3) is 0 Å². The highest BCUT2D eigenvalue weighted by Crippen LogP contribution is 2.11. The van der Waals surface area contributed by atoms with Crippen molar-refractivity contribution in [2.75, 3.05) is 5.43 Å². The maximum atomic E-state index is 12.0. The van der Waals surface area contributed by atoms with Gasteiger partial charge in [-0.25, -0.2) is 10.8 Å². The largest absolute Gasteiger partial charge is 0.370 e. The predicted octanol–water partition coefficient (Wildman–Crippen LogP) is -0.249. The molecule has 1 aromatic rings. The molecule has 1 aromatic heterocycles. The number of hydrogen-bond donors (Lipinski definition) is 4. The first-order chi connectivity index (χ1) is 8.34. The number of pyridine rings is 1. The molecule has 1 rings (SSSR count). The zero-order valence-corrected chi connectivity index (χ0v) is 10.4. The second-order valence-corrected chi connectivity index (χ2v) is 4.56. The molecule has 0 aliphatic carbocycles. The Morgan fingerprint density at radius 1 is 1.44 bits per heavy atom. The van der Waals surface area contributed by atoms with Gasteiger partial charge in [0.2, 0.25) is 5.91 Å². The Bertz CT molecular complexity index is 459. The minimum absolute atomic E-state index is 0.0613. The van der Waals surface area contributed by atoms with Crippen molar-refractivity contribution in [2.45, 2.75) is 25.8 Å². The number of primary amides is 1. The van der Waals surface area contributed by atoms with Crippen molar-refractivity contribution in [3.8, 4) is 0 Å². The predicted molar refractivity (Wildman–Crippen MR) is 67.4 cm³/mol. The Balaban J connectivity index is 2.78. The van der Waals surface area contributed by atoms with Gasteiger partial charge in [0.05, 0.1) is 0 Å². The third-order valence-corrected chi connectivity index (χ3v) is 2.24. The molecule has 0 spiro atoms. The highest BCUT2D eigenvalue weighted by molar-refractivity contribution is 5.95. The normalized spacial score (nSPS) is 10.8. The van der Waals surface area contributed by atoms with Crippen molar-refractivity contribution in [3.05, 3.63) is 23.9 Å². The Labute approximate surface area is 105 Å². The fourth-order valence-corrected chi connectivity index (χ4v) is 1.51. The smallest absolute Gasteiger partial charge is 0.251 e. The van der Waals surface area contributed by atoms with Crippen molar-refractivity contribution in [2.24, 2.45) is 11.6 Å². The molecule has 0 fully saturated rings. The maximum absolute atomic E-state index is 12.0. The average molecular weight is 251 g/mol. The van der Waals surface area contributed by atoms with Crippen LogP contribution in [0.3, 0.4) is 0 Å². The van der Waals surface area contributed by atoms with E-state index in [-0.39, 0.29) is 12.3 Å². The first kappa shape index (κ1) is 13.9. The second kappa shape index (κ2) is 5.46. The van der Waals surface area contributed by atoms with Gasteiger partial charge in [0.25, 0.3) is 5.91 Å². The Hall–Kier alpha value is -2.15. The van der Waals surface area contributed by atoms with Gasteiger partial charge in [-0.3, -0.25) is 9.59 Å². The number of anilines is 1. The lowest BCUT2D eigenvalue weighted by Crippen LogP contribution is -2.46. The molecule has 18 heavy (non-hydrogen) atoms. The van der Waals surface area contributed by atoms with E-state index < -0.39 is 11.4 Å². The quantitative estimate of drug-likeness (QED) is 0.424. The second-order valence-electron chi connectivity index (χ2n) is 4.56. The zero-order valence-electron chi connectivity index (χ0n) is 10.4. The molecule has 6 N–H and O–H groups in total. The van der Waals surface area contributed by atoms with Crippen LogP contribution in [0.4, 0.5) is 5.82 Å². The van der Waals surface area contributed by atoms with Crippen LogP contribution >= 0.6 is 0 Å². The number of nitrogen functional groups attached to an aromatic ring is 1. The number of hydrazine groups is 1. The number of nitrogens with one attached hydrogen (secondary N) is 2. The lowest BCUT2D eigenvalue weighted by Gasteiger charge is -2.24. The third kappa shape index (κ3) is 4.02. The molecule has 1 heterocycles. The summed E-state index contributed by atoms with van der Waals surface area (Å²) in [6, 6.07) is 3.06. The Kier molecular flexibility index (Phi) is 4.22. The molecular formula is C11H17N5O2. The van der Waals surface area contributed by atoms with Crippen molar-refractivity contribution in [1.82, 2.24) is 10.3 Å². The highest BCUT2D eigenvalue weighted by Gasteiger charge is 2.23. The molecule has 7 heteroatoms. The van der Waals surface area contributed by atoms with Crippen molar-refractivity contribution >= 4 is 17.6 Å². The van der Waals surface area contributed by atoms with E-state index in [1.807, 2.05) is 0 Å². The number of nitrogens with zero attached hydrogens (tertiary/aromatic N) is 1. The molecule has 0 aliphatic rings. The molecule has 0 bridgehead atoms. The van der Waals surface area contributed by atoms with Crippen LogP contribution < -0.4 is 22.3 Å². The lowest BCUT2D eigenvalue weighted by molar-refractivity contribution is -0.119. The van der Waals surface area contributed by atoms with E-state index in [4.69, 9.17) is 11.6 Å². The van der Waals surface area contributed by atoms with Crippen LogP contribution in [-0.4, -0.2) is 22.3 Å². The van der Waals surface area contributed by atoms with Gasteiger partial charge in [-0.05, 0) is 26.0 Å². The van der Waals surface area contributed by atoms with Crippen LogP contribution in [-0.2, 0) is 4.79 Å². The van der Waals surface area contributed by atoms with Gasteiger partial charge in [0, 0.05) is 23.7 Å². The summed E-state index contributed by atoms with van der Waals surface area (Å²) in [5.41, 5.74) is 7.16. The minimum Gasteiger partial charge on any atom is -0.370 e. The van der Waals surface area contributed by atoms with E-state index in [1.165, 1.54) is 12.3 Å². The van der Waals surface area contributed by atoms with E-state index in [1.54, 1.807) is 19.9 Å². The highest BCUT2D eigenvalue weighted by atomic mass is 16.2. The first-order valence-corrected chi connectivity index (χ1v) is 5.37. The van der Waals surface area contributed by atoms with E-state index in [2.05, 4.69) is 15.7 Å². The minimum atomic E-state index is -0.706. The van der Waals surface area contributed by atoms with E-state index >= 15 is 0 Å². The zero-order chi connectivity index (χ0) is 13.8. The summed E-state index contributed by atoms with van der Waals surface area (Å²) in [4.78, 5) is 26.7. The van der Waals surface area contributed by atoms with Crippen LogP contribution in [0.1, 0.15) is 30.6 Å². The monoisotopic (exact) mass is 251 g/mol. The SMILES string of the molecule is CC(C)(CC(N)=O)NC(=O)c1ccnc(NN)c1. The van der Waals surface area contributed by atoms with Gasteiger partial charge in [-0.1, -0.05) is 0 Å². The summed E-state index contributed by atoms with van der Waals surface area (Å²) < 4.78 is 0. The summed E-state index contributed by atoms with van der Waals surface area (Å²) in [7, 11) is 0. The number of carbonyl (C=O) groups excluding carboxylic acids is 2. The van der Waals surface area contributed by atoms with Crippen LogP contribution in [0.2, 0.25) is 0 Å². The fourth-order valence-electron chi connectivity index (χ4n) is 1.51. The topological polar surface area (TPSA) is 123 Å². The van der Waals surface area contributed by atoms with Crippen LogP contribution in [0, 0.1) is 0 Å². The molecule has 0 atom stereocenters. The summed E-state index contributed by atoms with van der Waals surface area (Å²) in [5, 5.41) is 2.72. The molecule has 7 nitrogen and oxygen atoms in total. The molecule has 0 aliphatic heterocycles. The number of rotatable bonds is 5. The van der Waals surface area contributed by atoms with Gasteiger partial charge in [-0.15, -0.1) is 0 Å². The van der Waals surface area contributed by atoms with Gasteiger partial charge in [0.1, 0.15) is 5.82 Å². The van der Waals surface area contributed by atoms with E-state index in [0.717, 1.165) is 0 Å². The maximum Gasteiger partial charge on any atom is 0.251 e.